The number of carbonyl (C=O) groups is 1. The number of nitrogens with zero attached hydrogens (tertiary/aromatic N) is 3. The minimum atomic E-state index is -0.406. The summed E-state index contributed by atoms with van der Waals surface area (Å²) in [7, 11) is 0. The number of hydrogen-bond donors (Lipinski definition) is 0. The Morgan fingerprint density at radius 3 is 2.76 bits per heavy atom. The maximum Gasteiger partial charge on any atom is 0.153 e. The quantitative estimate of drug-likeness (QED) is 0.680. The summed E-state index contributed by atoms with van der Waals surface area (Å²) in [6, 6.07) is 10.0. The van der Waals surface area contributed by atoms with Gasteiger partial charge in [-0.05, 0) is 40.2 Å². The summed E-state index contributed by atoms with van der Waals surface area (Å²) >= 11 is 3.10. The van der Waals surface area contributed by atoms with Crippen molar-refractivity contribution in [3.05, 3.63) is 64.6 Å². The zero-order valence-corrected chi connectivity index (χ0v) is 12.3. The molecule has 0 amide bonds. The molecule has 0 saturated heterocycles. The van der Waals surface area contributed by atoms with Crippen LogP contribution in [0.3, 0.4) is 0 Å². The van der Waals surface area contributed by atoms with Crippen molar-refractivity contribution in [1.29, 1.82) is 0 Å². The van der Waals surface area contributed by atoms with Crippen LogP contribution in [0.2, 0.25) is 0 Å². The number of hydrogen-bond acceptors (Lipinski definition) is 3. The molecule has 21 heavy (non-hydrogen) atoms. The molecule has 0 bridgehead atoms. The lowest BCUT2D eigenvalue weighted by Gasteiger charge is -2.01. The minimum Gasteiger partial charge on any atom is -0.298 e. The van der Waals surface area contributed by atoms with Crippen LogP contribution in [-0.2, 0) is 0 Å². The van der Waals surface area contributed by atoms with Crippen molar-refractivity contribution in [1.82, 2.24) is 14.8 Å². The Kier molecular flexibility index (Phi) is 3.62. The molecule has 0 spiro atoms. The molecule has 0 unspecified atom stereocenters. The Morgan fingerprint density at radius 1 is 1.24 bits per heavy atom. The van der Waals surface area contributed by atoms with Crippen LogP contribution in [0.15, 0.2) is 53.3 Å². The third-order valence-corrected chi connectivity index (χ3v) is 3.59. The number of benzene rings is 1. The van der Waals surface area contributed by atoms with E-state index in [0.717, 1.165) is 0 Å². The summed E-state index contributed by atoms with van der Waals surface area (Å²) in [6.45, 7) is 0. The highest BCUT2D eigenvalue weighted by Gasteiger charge is 2.13. The Hall–Kier alpha value is -2.34. The minimum absolute atomic E-state index is 0.364. The molecular formula is C15H9BrFN3O. The average molecular weight is 346 g/mol. The second kappa shape index (κ2) is 5.57. The highest BCUT2D eigenvalue weighted by atomic mass is 79.9. The predicted molar refractivity (Wildman–Crippen MR) is 79.8 cm³/mol. The fraction of sp³-hybridized carbons (Fsp3) is 0. The van der Waals surface area contributed by atoms with Crippen LogP contribution < -0.4 is 0 Å². The molecule has 0 aliphatic rings. The summed E-state index contributed by atoms with van der Waals surface area (Å²) in [5.41, 5.74) is 1.33. The lowest BCUT2D eigenvalue weighted by atomic mass is 10.1. The molecule has 2 aromatic heterocycles. The van der Waals surface area contributed by atoms with Gasteiger partial charge < -0.3 is 0 Å². The van der Waals surface area contributed by atoms with E-state index in [2.05, 4.69) is 26.0 Å². The van der Waals surface area contributed by atoms with Gasteiger partial charge in [0.25, 0.3) is 0 Å². The van der Waals surface area contributed by atoms with Crippen molar-refractivity contribution in [3.8, 4) is 17.1 Å². The smallest absolute Gasteiger partial charge is 0.153 e. The lowest BCUT2D eigenvalue weighted by molar-refractivity contribution is 0.112. The molecule has 1 aromatic carbocycles. The Labute approximate surface area is 128 Å². The molecule has 0 N–H and O–H groups in total. The SMILES string of the molecule is O=Cc1cn(-c2ccccn2)nc1-c1ccc(Br)c(F)c1. The van der Waals surface area contributed by atoms with Gasteiger partial charge in [0.15, 0.2) is 12.1 Å². The largest absolute Gasteiger partial charge is 0.298 e. The Balaban J connectivity index is 2.12. The molecule has 0 radical (unpaired) electrons. The van der Waals surface area contributed by atoms with Crippen molar-refractivity contribution in [3.63, 3.8) is 0 Å². The van der Waals surface area contributed by atoms with Gasteiger partial charge in [-0.1, -0.05) is 12.1 Å². The first kappa shape index (κ1) is 13.6. The first-order chi connectivity index (χ1) is 10.2. The predicted octanol–water partition coefficient (Wildman–Crippen LogP) is 3.65. The first-order valence-corrected chi connectivity index (χ1v) is 6.90. The van der Waals surface area contributed by atoms with E-state index in [4.69, 9.17) is 0 Å². The van der Waals surface area contributed by atoms with Crippen molar-refractivity contribution in [2.45, 2.75) is 0 Å². The molecule has 2 heterocycles. The molecule has 0 aliphatic heterocycles. The number of aldehydes is 1. The van der Waals surface area contributed by atoms with E-state index in [1.165, 1.54) is 10.7 Å². The standard InChI is InChI=1S/C15H9BrFN3O/c16-12-5-4-10(7-13(12)17)15-11(9-21)8-20(19-15)14-3-1-2-6-18-14/h1-9H. The Bertz CT molecular complexity index is 802. The van der Waals surface area contributed by atoms with Gasteiger partial charge in [0.05, 0.1) is 10.0 Å². The van der Waals surface area contributed by atoms with E-state index in [9.17, 15) is 9.18 Å². The van der Waals surface area contributed by atoms with Gasteiger partial charge in [-0.25, -0.2) is 14.1 Å². The molecule has 4 nitrogen and oxygen atoms in total. The maximum absolute atomic E-state index is 13.6. The van der Waals surface area contributed by atoms with Crippen molar-refractivity contribution < 1.29 is 9.18 Å². The molecular weight excluding hydrogens is 337 g/mol. The summed E-state index contributed by atoms with van der Waals surface area (Å²) < 4.78 is 15.5. The average Bonchev–Trinajstić information content (AvgIpc) is 2.95. The Morgan fingerprint density at radius 2 is 2.10 bits per heavy atom. The molecule has 3 aromatic rings. The van der Waals surface area contributed by atoms with Gasteiger partial charge in [-0.3, -0.25) is 4.79 Å². The molecule has 0 aliphatic carbocycles. The van der Waals surface area contributed by atoms with Crippen molar-refractivity contribution in [2.24, 2.45) is 0 Å². The van der Waals surface area contributed by atoms with Crippen LogP contribution in [0.5, 0.6) is 0 Å². The molecule has 0 atom stereocenters. The maximum atomic E-state index is 13.6. The van der Waals surface area contributed by atoms with E-state index in [-0.39, 0.29) is 0 Å². The van der Waals surface area contributed by atoms with Crippen LogP contribution >= 0.6 is 15.9 Å². The van der Waals surface area contributed by atoms with Crippen LogP contribution in [-0.4, -0.2) is 21.1 Å². The highest BCUT2D eigenvalue weighted by Crippen LogP contribution is 2.26. The number of rotatable bonds is 3. The van der Waals surface area contributed by atoms with Crippen molar-refractivity contribution in [2.75, 3.05) is 0 Å². The van der Waals surface area contributed by atoms with E-state index in [0.29, 0.717) is 33.4 Å². The summed E-state index contributed by atoms with van der Waals surface area (Å²) in [4.78, 5) is 15.4. The number of pyridine rings is 1. The van der Waals surface area contributed by atoms with Gasteiger partial charge in [-0.15, -0.1) is 0 Å². The second-order valence-corrected chi connectivity index (χ2v) is 5.17. The summed E-state index contributed by atoms with van der Waals surface area (Å²) in [5, 5.41) is 4.33. The van der Waals surface area contributed by atoms with Gasteiger partial charge in [-0.2, -0.15) is 5.10 Å². The number of aromatic nitrogens is 3. The third kappa shape index (κ3) is 2.62. The fourth-order valence-electron chi connectivity index (χ4n) is 1.95. The normalized spacial score (nSPS) is 10.6. The van der Waals surface area contributed by atoms with E-state index in [1.807, 2.05) is 6.07 Å². The highest BCUT2D eigenvalue weighted by molar-refractivity contribution is 9.10. The lowest BCUT2D eigenvalue weighted by Crippen LogP contribution is -1.97. The fourth-order valence-corrected chi connectivity index (χ4v) is 2.19. The van der Waals surface area contributed by atoms with E-state index in [1.54, 1.807) is 36.7 Å². The number of halogens is 2. The monoisotopic (exact) mass is 345 g/mol. The van der Waals surface area contributed by atoms with Crippen LogP contribution in [0.4, 0.5) is 4.39 Å². The van der Waals surface area contributed by atoms with Crippen LogP contribution in [0.1, 0.15) is 10.4 Å². The summed E-state index contributed by atoms with van der Waals surface area (Å²) in [6.07, 6.45) is 3.91. The zero-order valence-electron chi connectivity index (χ0n) is 10.7. The summed E-state index contributed by atoms with van der Waals surface area (Å²) in [5.74, 6) is 0.182. The van der Waals surface area contributed by atoms with Gasteiger partial charge in [0, 0.05) is 18.0 Å². The number of carbonyl (C=O) groups excluding carboxylic acids is 1. The van der Waals surface area contributed by atoms with Gasteiger partial charge in [0.2, 0.25) is 0 Å². The molecule has 3 rings (SSSR count). The molecule has 0 fully saturated rings. The second-order valence-electron chi connectivity index (χ2n) is 4.31. The van der Waals surface area contributed by atoms with Gasteiger partial charge in [0.1, 0.15) is 11.5 Å². The zero-order chi connectivity index (χ0) is 14.8. The van der Waals surface area contributed by atoms with E-state index >= 15 is 0 Å². The van der Waals surface area contributed by atoms with Crippen molar-refractivity contribution >= 4 is 22.2 Å². The van der Waals surface area contributed by atoms with Crippen LogP contribution in [0, 0.1) is 5.82 Å². The molecule has 0 saturated carbocycles. The molecule has 104 valence electrons. The topological polar surface area (TPSA) is 47.8 Å². The molecule has 6 heteroatoms. The van der Waals surface area contributed by atoms with Crippen LogP contribution in [0.25, 0.3) is 17.1 Å². The van der Waals surface area contributed by atoms with Gasteiger partial charge >= 0.3 is 0 Å². The van der Waals surface area contributed by atoms with E-state index < -0.39 is 5.82 Å². The third-order valence-electron chi connectivity index (χ3n) is 2.95. The first-order valence-electron chi connectivity index (χ1n) is 6.10.